The number of carbonyl (C=O) groups is 2. The molecule has 0 rings (SSSR count). The topological polar surface area (TPSA) is 76.4 Å². The van der Waals surface area contributed by atoms with Gasteiger partial charge in [0.2, 0.25) is 0 Å². The lowest BCUT2D eigenvalue weighted by Gasteiger charge is -2.34. The van der Waals surface area contributed by atoms with E-state index in [9.17, 15) is 14.9 Å². The molecular formula is C15H25NO4. The summed E-state index contributed by atoms with van der Waals surface area (Å²) in [5.74, 6) is -2.27. The van der Waals surface area contributed by atoms with Crippen LogP contribution in [0.3, 0.4) is 0 Å². The van der Waals surface area contributed by atoms with Gasteiger partial charge in [0.15, 0.2) is 5.41 Å². The minimum Gasteiger partial charge on any atom is -0.466 e. The number of nitriles is 1. The second-order valence-electron chi connectivity index (χ2n) is 4.95. The lowest BCUT2D eigenvalue weighted by atomic mass is 9.67. The van der Waals surface area contributed by atoms with Crippen LogP contribution >= 0.6 is 0 Å². The van der Waals surface area contributed by atoms with Crippen molar-refractivity contribution in [2.24, 2.45) is 17.3 Å². The Morgan fingerprint density at radius 2 is 1.70 bits per heavy atom. The molecular weight excluding hydrogens is 258 g/mol. The van der Waals surface area contributed by atoms with Crippen molar-refractivity contribution < 1.29 is 19.1 Å². The molecule has 0 aromatic carbocycles. The first-order valence-electron chi connectivity index (χ1n) is 7.17. The third-order valence-corrected chi connectivity index (χ3v) is 3.41. The third kappa shape index (κ3) is 3.72. The van der Waals surface area contributed by atoms with Crippen molar-refractivity contribution in [3.05, 3.63) is 0 Å². The predicted molar refractivity (Wildman–Crippen MR) is 74.5 cm³/mol. The molecule has 0 spiro atoms. The van der Waals surface area contributed by atoms with E-state index in [4.69, 9.17) is 9.47 Å². The van der Waals surface area contributed by atoms with Crippen molar-refractivity contribution in [3.8, 4) is 6.07 Å². The maximum absolute atomic E-state index is 12.3. The fraction of sp³-hybridized carbons (Fsp3) is 0.800. The van der Waals surface area contributed by atoms with Gasteiger partial charge < -0.3 is 9.47 Å². The van der Waals surface area contributed by atoms with Crippen LogP contribution in [-0.4, -0.2) is 25.2 Å². The van der Waals surface area contributed by atoms with E-state index in [2.05, 4.69) is 0 Å². The fourth-order valence-corrected chi connectivity index (χ4v) is 2.35. The van der Waals surface area contributed by atoms with Gasteiger partial charge in [-0.1, -0.05) is 27.2 Å². The van der Waals surface area contributed by atoms with Gasteiger partial charge in [0, 0.05) is 0 Å². The first-order valence-corrected chi connectivity index (χ1v) is 7.17. The second kappa shape index (κ2) is 8.57. The summed E-state index contributed by atoms with van der Waals surface area (Å²) in [6.45, 7) is 9.19. The van der Waals surface area contributed by atoms with Crippen LogP contribution in [0.4, 0.5) is 0 Å². The molecule has 0 heterocycles. The zero-order valence-electron chi connectivity index (χ0n) is 13.1. The number of nitrogens with zero attached hydrogens (tertiary/aromatic N) is 1. The van der Waals surface area contributed by atoms with Crippen molar-refractivity contribution >= 4 is 11.9 Å². The molecule has 0 amide bonds. The SMILES string of the molecule is CCCC(C(=O)OCC)C(C#N)(C(=O)OCC)C(C)C. The van der Waals surface area contributed by atoms with Gasteiger partial charge in [0.25, 0.3) is 0 Å². The quantitative estimate of drug-likeness (QED) is 0.640. The zero-order valence-corrected chi connectivity index (χ0v) is 13.1. The van der Waals surface area contributed by atoms with Gasteiger partial charge in [-0.3, -0.25) is 9.59 Å². The molecule has 114 valence electrons. The van der Waals surface area contributed by atoms with Crippen LogP contribution in [-0.2, 0) is 19.1 Å². The van der Waals surface area contributed by atoms with Crippen LogP contribution in [0.2, 0.25) is 0 Å². The van der Waals surface area contributed by atoms with E-state index in [1.165, 1.54) is 0 Å². The number of hydrogen-bond acceptors (Lipinski definition) is 5. The van der Waals surface area contributed by atoms with E-state index in [1.807, 2.05) is 13.0 Å². The first kappa shape index (κ1) is 18.4. The van der Waals surface area contributed by atoms with Gasteiger partial charge in [-0.15, -0.1) is 0 Å². The van der Waals surface area contributed by atoms with Crippen molar-refractivity contribution in [1.82, 2.24) is 0 Å². The highest BCUT2D eigenvalue weighted by Crippen LogP contribution is 2.40. The Bertz CT molecular complexity index is 373. The van der Waals surface area contributed by atoms with Gasteiger partial charge in [-0.05, 0) is 26.2 Å². The Balaban J connectivity index is 5.71. The van der Waals surface area contributed by atoms with Crippen molar-refractivity contribution in [1.29, 1.82) is 5.26 Å². The summed E-state index contributed by atoms with van der Waals surface area (Å²) in [6.07, 6.45) is 1.10. The summed E-state index contributed by atoms with van der Waals surface area (Å²) in [4.78, 5) is 24.5. The molecule has 0 radical (unpaired) electrons. The number of esters is 2. The zero-order chi connectivity index (χ0) is 15.8. The molecule has 0 N–H and O–H groups in total. The first-order chi connectivity index (χ1) is 9.42. The molecule has 5 nitrogen and oxygen atoms in total. The molecule has 0 bridgehead atoms. The molecule has 2 unspecified atom stereocenters. The second-order valence-corrected chi connectivity index (χ2v) is 4.95. The van der Waals surface area contributed by atoms with E-state index in [0.717, 1.165) is 0 Å². The normalized spacial score (nSPS) is 15.1. The van der Waals surface area contributed by atoms with Gasteiger partial charge in [0.05, 0.1) is 25.2 Å². The Labute approximate surface area is 121 Å². The summed E-state index contributed by atoms with van der Waals surface area (Å²) in [6, 6.07) is 2.05. The maximum Gasteiger partial charge on any atom is 0.327 e. The van der Waals surface area contributed by atoms with Crippen LogP contribution in [0.25, 0.3) is 0 Å². The lowest BCUT2D eigenvalue weighted by Crippen LogP contribution is -2.47. The highest BCUT2D eigenvalue weighted by molar-refractivity contribution is 5.88. The molecule has 0 aliphatic rings. The standard InChI is InChI=1S/C15H25NO4/c1-6-9-12(13(17)19-7-2)15(10-16,11(4)5)14(18)20-8-3/h11-12H,6-9H2,1-5H3. The van der Waals surface area contributed by atoms with Crippen molar-refractivity contribution in [2.45, 2.75) is 47.5 Å². The highest BCUT2D eigenvalue weighted by atomic mass is 16.5. The van der Waals surface area contributed by atoms with Gasteiger partial charge in [0.1, 0.15) is 0 Å². The molecule has 0 saturated carbocycles. The molecule has 0 fully saturated rings. The van der Waals surface area contributed by atoms with Crippen LogP contribution < -0.4 is 0 Å². The van der Waals surface area contributed by atoms with E-state index >= 15 is 0 Å². The molecule has 0 aliphatic carbocycles. The van der Waals surface area contributed by atoms with Gasteiger partial charge in [-0.25, -0.2) is 0 Å². The number of rotatable bonds is 8. The molecule has 20 heavy (non-hydrogen) atoms. The maximum atomic E-state index is 12.3. The Kier molecular flexibility index (Phi) is 7.90. The molecule has 2 atom stereocenters. The molecule has 5 heteroatoms. The summed E-state index contributed by atoms with van der Waals surface area (Å²) < 4.78 is 10.1. The monoisotopic (exact) mass is 283 g/mol. The lowest BCUT2D eigenvalue weighted by molar-refractivity contribution is -0.168. The minimum atomic E-state index is -1.49. The predicted octanol–water partition coefficient (Wildman–Crippen LogP) is 2.69. The van der Waals surface area contributed by atoms with E-state index < -0.39 is 23.3 Å². The largest absolute Gasteiger partial charge is 0.466 e. The van der Waals surface area contributed by atoms with E-state index in [0.29, 0.717) is 12.8 Å². The van der Waals surface area contributed by atoms with Crippen molar-refractivity contribution in [2.75, 3.05) is 13.2 Å². The summed E-state index contributed by atoms with van der Waals surface area (Å²) in [5, 5.41) is 9.60. The Hall–Kier alpha value is -1.57. The average Bonchev–Trinajstić information content (AvgIpc) is 2.39. The third-order valence-electron chi connectivity index (χ3n) is 3.41. The van der Waals surface area contributed by atoms with Gasteiger partial charge in [-0.2, -0.15) is 5.26 Å². The number of carbonyl (C=O) groups excluding carboxylic acids is 2. The summed E-state index contributed by atoms with van der Waals surface area (Å²) in [5.41, 5.74) is -1.49. The summed E-state index contributed by atoms with van der Waals surface area (Å²) in [7, 11) is 0. The summed E-state index contributed by atoms with van der Waals surface area (Å²) >= 11 is 0. The molecule has 0 aromatic heterocycles. The number of hydrogen-bond donors (Lipinski definition) is 0. The van der Waals surface area contributed by atoms with Crippen LogP contribution in [0.5, 0.6) is 0 Å². The molecule has 0 aliphatic heterocycles. The minimum absolute atomic E-state index is 0.177. The number of ether oxygens (including phenoxy) is 2. The van der Waals surface area contributed by atoms with Crippen LogP contribution in [0.15, 0.2) is 0 Å². The Morgan fingerprint density at radius 1 is 1.15 bits per heavy atom. The van der Waals surface area contributed by atoms with Crippen LogP contribution in [0, 0.1) is 28.6 Å². The van der Waals surface area contributed by atoms with Crippen molar-refractivity contribution in [3.63, 3.8) is 0 Å². The van der Waals surface area contributed by atoms with Crippen LogP contribution in [0.1, 0.15) is 47.5 Å². The molecule has 0 aromatic rings. The fourth-order valence-electron chi connectivity index (χ4n) is 2.35. The smallest absolute Gasteiger partial charge is 0.327 e. The molecule has 0 saturated heterocycles. The van der Waals surface area contributed by atoms with Gasteiger partial charge >= 0.3 is 11.9 Å². The Morgan fingerprint density at radius 3 is 2.05 bits per heavy atom. The van der Waals surface area contributed by atoms with E-state index in [-0.39, 0.29) is 19.1 Å². The van der Waals surface area contributed by atoms with E-state index in [1.54, 1.807) is 27.7 Å². The highest BCUT2D eigenvalue weighted by Gasteiger charge is 2.53. The average molecular weight is 283 g/mol.